The lowest BCUT2D eigenvalue weighted by molar-refractivity contribution is -0.135. The summed E-state index contributed by atoms with van der Waals surface area (Å²) in [5.41, 5.74) is 0. The van der Waals surface area contributed by atoms with Gasteiger partial charge < -0.3 is 15.1 Å². The normalized spacial score (nSPS) is 21.1. The molecule has 29 heavy (non-hydrogen) atoms. The fourth-order valence-corrected chi connectivity index (χ4v) is 5.52. The van der Waals surface area contributed by atoms with Crippen LogP contribution in [0.2, 0.25) is 10.0 Å². The number of sulfonamides is 1. The van der Waals surface area contributed by atoms with Crippen molar-refractivity contribution in [1.29, 1.82) is 0 Å². The van der Waals surface area contributed by atoms with Gasteiger partial charge >= 0.3 is 0 Å². The first kappa shape index (κ1) is 21.9. The molecule has 11 heteroatoms. The molecule has 2 heterocycles. The largest absolute Gasteiger partial charge is 0.341 e. The number of halogens is 2. The lowest BCUT2D eigenvalue weighted by atomic mass is 10.1. The van der Waals surface area contributed by atoms with Crippen molar-refractivity contribution in [3.8, 4) is 0 Å². The third kappa shape index (κ3) is 4.69. The number of benzene rings is 1. The second-order valence-electron chi connectivity index (χ2n) is 6.97. The molecule has 3 rings (SSSR count). The van der Waals surface area contributed by atoms with E-state index in [9.17, 15) is 18.0 Å². The Morgan fingerprint density at radius 3 is 2.72 bits per heavy atom. The summed E-state index contributed by atoms with van der Waals surface area (Å²) in [6, 6.07) is 3.03. The van der Waals surface area contributed by atoms with E-state index in [1.807, 2.05) is 7.05 Å². The van der Waals surface area contributed by atoms with E-state index < -0.39 is 22.0 Å². The second kappa shape index (κ2) is 8.91. The summed E-state index contributed by atoms with van der Waals surface area (Å²) >= 11 is 12.1. The first-order valence-electron chi connectivity index (χ1n) is 9.12. The summed E-state index contributed by atoms with van der Waals surface area (Å²) in [6.45, 7) is 2.71. The molecule has 8 nitrogen and oxygen atoms in total. The van der Waals surface area contributed by atoms with E-state index in [1.54, 1.807) is 4.90 Å². The van der Waals surface area contributed by atoms with Gasteiger partial charge in [0.2, 0.25) is 11.8 Å². The van der Waals surface area contributed by atoms with Gasteiger partial charge in [-0.05, 0) is 32.1 Å². The number of amides is 2. The van der Waals surface area contributed by atoms with Gasteiger partial charge in [0.1, 0.15) is 10.9 Å². The molecule has 2 aliphatic heterocycles. The summed E-state index contributed by atoms with van der Waals surface area (Å²) in [6.07, 6.45) is 3.00. The third-order valence-corrected chi connectivity index (χ3v) is 7.73. The van der Waals surface area contributed by atoms with E-state index in [0.717, 1.165) is 23.8 Å². The second-order valence-corrected chi connectivity index (χ2v) is 9.57. The molecular weight excluding hydrogens is 439 g/mol. The van der Waals surface area contributed by atoms with Crippen molar-refractivity contribution in [2.75, 3.05) is 33.2 Å². The van der Waals surface area contributed by atoms with E-state index in [4.69, 9.17) is 23.2 Å². The van der Waals surface area contributed by atoms with Gasteiger partial charge in [0.15, 0.2) is 0 Å². The minimum atomic E-state index is -4.20. The van der Waals surface area contributed by atoms with Crippen molar-refractivity contribution in [2.45, 2.75) is 23.8 Å². The Hall–Kier alpha value is -1.81. The maximum Gasteiger partial charge on any atom is 0.266 e. The van der Waals surface area contributed by atoms with Gasteiger partial charge in [-0.25, -0.2) is 8.42 Å². The van der Waals surface area contributed by atoms with Crippen LogP contribution in [0.25, 0.3) is 0 Å². The van der Waals surface area contributed by atoms with Crippen LogP contribution in [0.15, 0.2) is 35.5 Å². The van der Waals surface area contributed by atoms with Gasteiger partial charge in [0.25, 0.3) is 10.0 Å². The van der Waals surface area contributed by atoms with Crippen LogP contribution in [0.3, 0.4) is 0 Å². The lowest BCUT2D eigenvalue weighted by Crippen LogP contribution is -2.51. The molecule has 2 aliphatic rings. The molecule has 1 atom stereocenters. The molecule has 1 saturated heterocycles. The first-order chi connectivity index (χ1) is 13.7. The SMILES string of the molecule is CN1CCCN(C(=O)C[C@@H]2C(=O)NC=CN2S(=O)(=O)c2cccc(Cl)c2Cl)CC1. The lowest BCUT2D eigenvalue weighted by Gasteiger charge is -2.32. The zero-order valence-corrected chi connectivity index (χ0v) is 18.2. The minimum absolute atomic E-state index is 0.0829. The molecule has 0 aliphatic carbocycles. The van der Waals surface area contributed by atoms with E-state index in [1.165, 1.54) is 30.6 Å². The highest BCUT2D eigenvalue weighted by molar-refractivity contribution is 7.89. The topological polar surface area (TPSA) is 90.0 Å². The van der Waals surface area contributed by atoms with Crippen LogP contribution in [0.4, 0.5) is 0 Å². The van der Waals surface area contributed by atoms with Crippen molar-refractivity contribution >= 4 is 45.0 Å². The van der Waals surface area contributed by atoms with Crippen LogP contribution in [0.5, 0.6) is 0 Å². The van der Waals surface area contributed by atoms with E-state index in [2.05, 4.69) is 10.2 Å². The van der Waals surface area contributed by atoms with Crippen LogP contribution >= 0.6 is 23.2 Å². The van der Waals surface area contributed by atoms with Crippen LogP contribution in [-0.4, -0.2) is 73.6 Å². The summed E-state index contributed by atoms with van der Waals surface area (Å²) in [4.78, 5) is 28.9. The maximum absolute atomic E-state index is 13.2. The molecule has 0 unspecified atom stereocenters. The fraction of sp³-hybridized carbons (Fsp3) is 0.444. The predicted octanol–water partition coefficient (Wildman–Crippen LogP) is 1.51. The highest BCUT2D eigenvalue weighted by Crippen LogP contribution is 2.32. The van der Waals surface area contributed by atoms with Crippen LogP contribution in [-0.2, 0) is 19.6 Å². The molecular formula is C18H22Cl2N4O4S. The average Bonchev–Trinajstić information content (AvgIpc) is 2.89. The predicted molar refractivity (Wildman–Crippen MR) is 110 cm³/mol. The quantitative estimate of drug-likeness (QED) is 0.735. The minimum Gasteiger partial charge on any atom is -0.341 e. The van der Waals surface area contributed by atoms with Gasteiger partial charge in [-0.15, -0.1) is 0 Å². The van der Waals surface area contributed by atoms with Gasteiger partial charge in [-0.1, -0.05) is 29.3 Å². The summed E-state index contributed by atoms with van der Waals surface area (Å²) in [5, 5.41) is 2.43. The van der Waals surface area contributed by atoms with Gasteiger partial charge in [-0.3, -0.25) is 13.9 Å². The molecule has 1 fully saturated rings. The molecule has 0 aromatic heterocycles. The average molecular weight is 461 g/mol. The van der Waals surface area contributed by atoms with Gasteiger partial charge in [-0.2, -0.15) is 0 Å². The monoisotopic (exact) mass is 460 g/mol. The number of nitrogens with one attached hydrogen (secondary N) is 1. The van der Waals surface area contributed by atoms with Crippen molar-refractivity contribution < 1.29 is 18.0 Å². The highest BCUT2D eigenvalue weighted by atomic mass is 35.5. The summed E-state index contributed by atoms with van der Waals surface area (Å²) < 4.78 is 27.3. The van der Waals surface area contributed by atoms with Crippen LogP contribution in [0.1, 0.15) is 12.8 Å². The van der Waals surface area contributed by atoms with Crippen molar-refractivity contribution in [3.05, 3.63) is 40.6 Å². The Kier molecular flexibility index (Phi) is 6.72. The smallest absolute Gasteiger partial charge is 0.266 e. The molecule has 0 radical (unpaired) electrons. The molecule has 1 N–H and O–H groups in total. The van der Waals surface area contributed by atoms with Crippen molar-refractivity contribution in [1.82, 2.24) is 19.4 Å². The number of hydrogen-bond donors (Lipinski definition) is 1. The van der Waals surface area contributed by atoms with E-state index >= 15 is 0 Å². The number of rotatable bonds is 4. The Balaban J connectivity index is 1.86. The Labute approximate surface area is 180 Å². The molecule has 2 amide bonds. The standard InChI is InChI=1S/C18H22Cl2N4O4S/c1-22-7-3-8-23(11-10-22)16(25)12-14-18(26)21-6-9-24(14)29(27,28)15-5-2-4-13(19)17(15)20/h2,4-6,9,14H,3,7-8,10-12H2,1H3,(H,21,26)/t14-/m1/s1. The number of carbonyl (C=O) groups excluding carboxylic acids is 2. The third-order valence-electron chi connectivity index (χ3n) is 4.97. The number of nitrogens with zero attached hydrogens (tertiary/aromatic N) is 3. The van der Waals surface area contributed by atoms with Crippen LogP contribution in [0, 0.1) is 0 Å². The molecule has 0 spiro atoms. The molecule has 0 saturated carbocycles. The number of carbonyl (C=O) groups is 2. The van der Waals surface area contributed by atoms with Crippen molar-refractivity contribution in [2.24, 2.45) is 0 Å². The molecule has 1 aromatic rings. The van der Waals surface area contributed by atoms with Crippen molar-refractivity contribution in [3.63, 3.8) is 0 Å². The van der Waals surface area contributed by atoms with E-state index in [-0.39, 0.29) is 27.3 Å². The van der Waals surface area contributed by atoms with Gasteiger partial charge in [0, 0.05) is 32.0 Å². The zero-order valence-electron chi connectivity index (χ0n) is 15.8. The maximum atomic E-state index is 13.2. The molecule has 0 bridgehead atoms. The fourth-order valence-electron chi connectivity index (χ4n) is 3.33. The number of hydrogen-bond acceptors (Lipinski definition) is 5. The Bertz CT molecular complexity index is 938. The Morgan fingerprint density at radius 1 is 1.21 bits per heavy atom. The Morgan fingerprint density at radius 2 is 1.97 bits per heavy atom. The first-order valence-corrected chi connectivity index (χ1v) is 11.3. The number of likely N-dealkylation sites (N-methyl/N-ethyl adjacent to an activating group) is 1. The summed E-state index contributed by atoms with van der Waals surface area (Å²) in [5.74, 6) is -0.845. The zero-order chi connectivity index (χ0) is 21.2. The highest BCUT2D eigenvalue weighted by Gasteiger charge is 2.39. The van der Waals surface area contributed by atoms with Crippen LogP contribution < -0.4 is 5.32 Å². The molecule has 1 aromatic carbocycles. The molecule has 158 valence electrons. The van der Waals surface area contributed by atoms with E-state index in [0.29, 0.717) is 13.1 Å². The van der Waals surface area contributed by atoms with Gasteiger partial charge in [0.05, 0.1) is 16.5 Å². The summed E-state index contributed by atoms with van der Waals surface area (Å²) in [7, 11) is -2.22.